The normalized spacial score (nSPS) is 20.7. The van der Waals surface area contributed by atoms with Gasteiger partial charge < -0.3 is 4.90 Å². The number of amides is 1. The standard InChI is InChI=1S/C13H14N2OS/c16-9-15-6-2-1-3-12(15)10-4-5-13-11(7-10)14-8-17-13/h4-5,7-9,12H,1-3,6H2. The largest absolute Gasteiger partial charge is 0.338 e. The summed E-state index contributed by atoms with van der Waals surface area (Å²) in [5, 5.41) is 0. The second-order valence-corrected chi connectivity index (χ2v) is 5.32. The van der Waals surface area contributed by atoms with Gasteiger partial charge in [0.25, 0.3) is 0 Å². The summed E-state index contributed by atoms with van der Waals surface area (Å²) in [5.74, 6) is 0. The maximum atomic E-state index is 11.1. The number of rotatable bonds is 2. The average Bonchev–Trinajstić information content (AvgIpc) is 2.85. The van der Waals surface area contributed by atoms with Crippen LogP contribution in [-0.2, 0) is 4.79 Å². The number of thiazole rings is 1. The summed E-state index contributed by atoms with van der Waals surface area (Å²) in [6.45, 7) is 0.878. The van der Waals surface area contributed by atoms with Gasteiger partial charge in [-0.3, -0.25) is 4.79 Å². The Morgan fingerprint density at radius 2 is 2.35 bits per heavy atom. The molecule has 0 N–H and O–H groups in total. The summed E-state index contributed by atoms with van der Waals surface area (Å²) in [6, 6.07) is 6.61. The number of benzene rings is 1. The Labute approximate surface area is 104 Å². The SMILES string of the molecule is O=CN1CCCCC1c1ccc2scnc2c1. The molecule has 1 aliphatic rings. The number of hydrogen-bond donors (Lipinski definition) is 0. The van der Waals surface area contributed by atoms with Crippen molar-refractivity contribution in [3.05, 3.63) is 29.3 Å². The molecule has 88 valence electrons. The van der Waals surface area contributed by atoms with E-state index >= 15 is 0 Å². The Morgan fingerprint density at radius 3 is 3.24 bits per heavy atom. The minimum atomic E-state index is 0.243. The maximum Gasteiger partial charge on any atom is 0.210 e. The predicted octanol–water partition coefficient (Wildman–Crippen LogP) is 2.98. The molecule has 2 aromatic rings. The third kappa shape index (κ3) is 1.93. The Balaban J connectivity index is 1.97. The van der Waals surface area contributed by atoms with Crippen molar-refractivity contribution in [1.82, 2.24) is 9.88 Å². The molecule has 2 heterocycles. The molecule has 17 heavy (non-hydrogen) atoms. The van der Waals surface area contributed by atoms with E-state index in [-0.39, 0.29) is 6.04 Å². The number of hydrogen-bond acceptors (Lipinski definition) is 3. The van der Waals surface area contributed by atoms with E-state index in [4.69, 9.17) is 0 Å². The number of carbonyl (C=O) groups excluding carboxylic acids is 1. The topological polar surface area (TPSA) is 33.2 Å². The minimum Gasteiger partial charge on any atom is -0.338 e. The van der Waals surface area contributed by atoms with Crippen molar-refractivity contribution < 1.29 is 4.79 Å². The quantitative estimate of drug-likeness (QED) is 0.763. The second kappa shape index (κ2) is 4.45. The molecule has 0 bridgehead atoms. The smallest absolute Gasteiger partial charge is 0.210 e. The van der Waals surface area contributed by atoms with Gasteiger partial charge in [0.2, 0.25) is 6.41 Å². The van der Waals surface area contributed by atoms with E-state index in [1.54, 1.807) is 11.3 Å². The number of likely N-dealkylation sites (tertiary alicyclic amines) is 1. The first-order valence-corrected chi connectivity index (χ1v) is 6.80. The van der Waals surface area contributed by atoms with Crippen LogP contribution in [0.25, 0.3) is 10.2 Å². The molecule has 1 amide bonds. The van der Waals surface area contributed by atoms with Crippen LogP contribution >= 0.6 is 11.3 Å². The number of carbonyl (C=O) groups is 1. The lowest BCUT2D eigenvalue weighted by molar-refractivity contribution is -0.121. The van der Waals surface area contributed by atoms with Crippen molar-refractivity contribution in [2.75, 3.05) is 6.54 Å². The van der Waals surface area contributed by atoms with Crippen LogP contribution < -0.4 is 0 Å². The molecule has 1 atom stereocenters. The Hall–Kier alpha value is -1.42. The third-order valence-electron chi connectivity index (χ3n) is 3.42. The molecule has 1 aromatic heterocycles. The fourth-order valence-electron chi connectivity index (χ4n) is 2.52. The summed E-state index contributed by atoms with van der Waals surface area (Å²) in [5.41, 5.74) is 4.13. The second-order valence-electron chi connectivity index (χ2n) is 4.43. The van der Waals surface area contributed by atoms with Crippen molar-refractivity contribution in [2.24, 2.45) is 0 Å². The molecule has 1 aliphatic heterocycles. The van der Waals surface area contributed by atoms with Crippen LogP contribution in [0.5, 0.6) is 0 Å². The summed E-state index contributed by atoms with van der Waals surface area (Å²) >= 11 is 1.65. The summed E-state index contributed by atoms with van der Waals surface area (Å²) < 4.78 is 1.21. The maximum absolute atomic E-state index is 11.1. The van der Waals surface area contributed by atoms with Crippen molar-refractivity contribution in [3.63, 3.8) is 0 Å². The first-order valence-electron chi connectivity index (χ1n) is 5.92. The highest BCUT2D eigenvalue weighted by molar-refractivity contribution is 7.16. The molecule has 0 aliphatic carbocycles. The van der Waals surface area contributed by atoms with Crippen LogP contribution in [0.1, 0.15) is 30.9 Å². The van der Waals surface area contributed by atoms with Crippen molar-refractivity contribution in [3.8, 4) is 0 Å². The van der Waals surface area contributed by atoms with E-state index in [0.717, 1.165) is 31.3 Å². The van der Waals surface area contributed by atoms with Gasteiger partial charge >= 0.3 is 0 Å². The number of piperidine rings is 1. The molecule has 3 rings (SSSR count). The van der Waals surface area contributed by atoms with Gasteiger partial charge in [0.05, 0.1) is 21.8 Å². The molecular weight excluding hydrogens is 232 g/mol. The predicted molar refractivity (Wildman–Crippen MR) is 69.0 cm³/mol. The number of nitrogens with zero attached hydrogens (tertiary/aromatic N) is 2. The first-order chi connectivity index (χ1) is 8.38. The molecule has 1 fully saturated rings. The van der Waals surface area contributed by atoms with Gasteiger partial charge in [0.15, 0.2) is 0 Å². The first kappa shape index (κ1) is 10.7. The van der Waals surface area contributed by atoms with Crippen LogP contribution in [0.4, 0.5) is 0 Å². The number of fused-ring (bicyclic) bond motifs is 1. The molecule has 1 unspecified atom stereocenters. The Morgan fingerprint density at radius 1 is 1.41 bits per heavy atom. The van der Waals surface area contributed by atoms with E-state index in [0.29, 0.717) is 0 Å². The van der Waals surface area contributed by atoms with Gasteiger partial charge in [0, 0.05) is 6.54 Å². The lowest BCUT2D eigenvalue weighted by Crippen LogP contribution is -2.32. The van der Waals surface area contributed by atoms with E-state index in [1.165, 1.54) is 16.7 Å². The zero-order chi connectivity index (χ0) is 11.7. The van der Waals surface area contributed by atoms with Crippen molar-refractivity contribution in [2.45, 2.75) is 25.3 Å². The lowest BCUT2D eigenvalue weighted by atomic mass is 9.96. The highest BCUT2D eigenvalue weighted by atomic mass is 32.1. The van der Waals surface area contributed by atoms with Crippen LogP contribution in [0.3, 0.4) is 0 Å². The molecule has 0 spiro atoms. The fourth-order valence-corrected chi connectivity index (χ4v) is 3.18. The summed E-state index contributed by atoms with van der Waals surface area (Å²) in [4.78, 5) is 17.3. The minimum absolute atomic E-state index is 0.243. The Kier molecular flexibility index (Phi) is 2.81. The third-order valence-corrected chi connectivity index (χ3v) is 4.23. The molecule has 1 aromatic carbocycles. The van der Waals surface area contributed by atoms with E-state index in [9.17, 15) is 4.79 Å². The van der Waals surface area contributed by atoms with E-state index < -0.39 is 0 Å². The molecule has 0 radical (unpaired) electrons. The van der Waals surface area contributed by atoms with Crippen molar-refractivity contribution in [1.29, 1.82) is 0 Å². The zero-order valence-corrected chi connectivity index (χ0v) is 10.3. The van der Waals surface area contributed by atoms with Crippen LogP contribution in [0, 0.1) is 0 Å². The number of aromatic nitrogens is 1. The van der Waals surface area contributed by atoms with Gasteiger partial charge in [-0.05, 0) is 37.0 Å². The van der Waals surface area contributed by atoms with Crippen LogP contribution in [-0.4, -0.2) is 22.8 Å². The monoisotopic (exact) mass is 246 g/mol. The summed E-state index contributed by atoms with van der Waals surface area (Å²) in [7, 11) is 0. The van der Waals surface area contributed by atoms with E-state index in [1.807, 2.05) is 10.4 Å². The van der Waals surface area contributed by atoms with Gasteiger partial charge in [-0.2, -0.15) is 0 Å². The molecule has 3 nitrogen and oxygen atoms in total. The fraction of sp³-hybridized carbons (Fsp3) is 0.385. The molecular formula is C13H14N2OS. The lowest BCUT2D eigenvalue weighted by Gasteiger charge is -2.33. The van der Waals surface area contributed by atoms with Crippen molar-refractivity contribution >= 4 is 28.0 Å². The average molecular weight is 246 g/mol. The summed E-state index contributed by atoms with van der Waals surface area (Å²) in [6.07, 6.45) is 4.36. The van der Waals surface area contributed by atoms with Gasteiger partial charge in [-0.15, -0.1) is 11.3 Å². The molecule has 0 saturated carbocycles. The van der Waals surface area contributed by atoms with Crippen LogP contribution in [0.2, 0.25) is 0 Å². The van der Waals surface area contributed by atoms with Gasteiger partial charge in [-0.1, -0.05) is 6.07 Å². The van der Waals surface area contributed by atoms with Gasteiger partial charge in [0.1, 0.15) is 0 Å². The molecule has 4 heteroatoms. The Bertz CT molecular complexity index is 537. The zero-order valence-electron chi connectivity index (χ0n) is 9.50. The van der Waals surface area contributed by atoms with Gasteiger partial charge in [-0.25, -0.2) is 4.98 Å². The highest BCUT2D eigenvalue weighted by Gasteiger charge is 2.22. The van der Waals surface area contributed by atoms with Crippen LogP contribution in [0.15, 0.2) is 23.7 Å². The van der Waals surface area contributed by atoms with E-state index in [2.05, 4.69) is 23.2 Å². The molecule has 1 saturated heterocycles. The highest BCUT2D eigenvalue weighted by Crippen LogP contribution is 2.31.